The molecule has 3 nitrogen and oxygen atoms in total. The second kappa shape index (κ2) is 3.81. The highest BCUT2D eigenvalue weighted by molar-refractivity contribution is 5.97. The van der Waals surface area contributed by atoms with Crippen LogP contribution in [0.1, 0.15) is 42.1 Å². The summed E-state index contributed by atoms with van der Waals surface area (Å²) in [6.07, 6.45) is 3.20. The molecule has 0 aliphatic heterocycles. The molecular weight excluding hydrogens is 202 g/mol. The Morgan fingerprint density at radius 3 is 2.69 bits per heavy atom. The predicted molar refractivity (Wildman–Crippen MR) is 62.6 cm³/mol. The highest BCUT2D eigenvalue weighted by Gasteiger charge is 2.33. The fourth-order valence-electron chi connectivity index (χ4n) is 2.02. The van der Waals surface area contributed by atoms with E-state index in [1.165, 1.54) is 0 Å². The van der Waals surface area contributed by atoms with Gasteiger partial charge in [-0.1, -0.05) is 12.1 Å². The summed E-state index contributed by atoms with van der Waals surface area (Å²) in [4.78, 5) is 12.0. The van der Waals surface area contributed by atoms with Crippen LogP contribution in [-0.4, -0.2) is 16.6 Å². The number of phenols is 1. The highest BCUT2D eigenvalue weighted by atomic mass is 16.3. The maximum absolute atomic E-state index is 12.0. The Kier molecular flexibility index (Phi) is 2.62. The molecule has 86 valence electrons. The minimum absolute atomic E-state index is 0.0761. The van der Waals surface area contributed by atoms with Gasteiger partial charge >= 0.3 is 0 Å². The summed E-state index contributed by atoms with van der Waals surface area (Å²) in [6.45, 7) is 3.83. The van der Waals surface area contributed by atoms with Crippen molar-refractivity contribution in [1.82, 2.24) is 5.32 Å². The summed E-state index contributed by atoms with van der Waals surface area (Å²) in [5, 5.41) is 12.8. The van der Waals surface area contributed by atoms with E-state index in [-0.39, 0.29) is 17.2 Å². The number of benzene rings is 1. The molecule has 0 aromatic heterocycles. The monoisotopic (exact) mass is 219 g/mol. The van der Waals surface area contributed by atoms with Crippen LogP contribution >= 0.6 is 0 Å². The molecule has 0 spiro atoms. The minimum Gasteiger partial charge on any atom is -0.507 e. The van der Waals surface area contributed by atoms with Gasteiger partial charge in [-0.25, -0.2) is 0 Å². The third kappa shape index (κ3) is 1.90. The first-order valence-corrected chi connectivity index (χ1v) is 5.63. The van der Waals surface area contributed by atoms with Crippen LogP contribution < -0.4 is 5.32 Å². The van der Waals surface area contributed by atoms with E-state index in [1.807, 2.05) is 6.92 Å². The molecule has 3 heteroatoms. The lowest BCUT2D eigenvalue weighted by atomic mass is 9.78. The number of phenolic OH excluding ortho intramolecular Hbond substituents is 1. The number of amides is 1. The number of aryl methyl sites for hydroxylation is 1. The Hall–Kier alpha value is -1.51. The zero-order chi connectivity index (χ0) is 11.8. The lowest BCUT2D eigenvalue weighted by Crippen LogP contribution is -2.50. The third-order valence-electron chi connectivity index (χ3n) is 3.35. The van der Waals surface area contributed by atoms with Crippen molar-refractivity contribution in [3.8, 4) is 5.75 Å². The van der Waals surface area contributed by atoms with Crippen LogP contribution in [0.25, 0.3) is 0 Å². The zero-order valence-electron chi connectivity index (χ0n) is 9.71. The van der Waals surface area contributed by atoms with Gasteiger partial charge in [-0.2, -0.15) is 0 Å². The number of para-hydroxylation sites is 1. The summed E-state index contributed by atoms with van der Waals surface area (Å²) >= 11 is 0. The number of aromatic hydroxyl groups is 1. The van der Waals surface area contributed by atoms with Crippen molar-refractivity contribution < 1.29 is 9.90 Å². The maximum Gasteiger partial charge on any atom is 0.255 e. The maximum atomic E-state index is 12.0. The molecule has 0 heterocycles. The number of carbonyl (C=O) groups excluding carboxylic acids is 1. The largest absolute Gasteiger partial charge is 0.507 e. The van der Waals surface area contributed by atoms with Gasteiger partial charge in [-0.15, -0.1) is 0 Å². The van der Waals surface area contributed by atoms with Crippen LogP contribution in [0, 0.1) is 6.92 Å². The van der Waals surface area contributed by atoms with E-state index >= 15 is 0 Å². The smallest absolute Gasteiger partial charge is 0.255 e. The molecule has 16 heavy (non-hydrogen) atoms. The van der Waals surface area contributed by atoms with Gasteiger partial charge in [-0.05, 0) is 44.7 Å². The van der Waals surface area contributed by atoms with Crippen LogP contribution in [0.5, 0.6) is 5.75 Å². The summed E-state index contributed by atoms with van der Waals surface area (Å²) < 4.78 is 0. The molecule has 1 aromatic rings. The third-order valence-corrected chi connectivity index (χ3v) is 3.35. The average molecular weight is 219 g/mol. The molecule has 0 bridgehead atoms. The summed E-state index contributed by atoms with van der Waals surface area (Å²) in [7, 11) is 0. The van der Waals surface area contributed by atoms with Gasteiger partial charge < -0.3 is 10.4 Å². The van der Waals surface area contributed by atoms with Crippen molar-refractivity contribution in [3.63, 3.8) is 0 Å². The fraction of sp³-hybridized carbons (Fsp3) is 0.462. The molecule has 0 saturated heterocycles. The zero-order valence-corrected chi connectivity index (χ0v) is 9.71. The standard InChI is InChI=1S/C13H17NO2/c1-9-5-3-6-10(11(9)15)12(16)14-13(2)7-4-8-13/h3,5-6,15H,4,7-8H2,1-2H3,(H,14,16). The number of nitrogens with one attached hydrogen (secondary N) is 1. The van der Waals surface area contributed by atoms with Crippen LogP contribution in [0.15, 0.2) is 18.2 Å². The van der Waals surface area contributed by atoms with Crippen LogP contribution in [0.2, 0.25) is 0 Å². The van der Waals surface area contributed by atoms with E-state index in [2.05, 4.69) is 5.32 Å². The fourth-order valence-corrected chi connectivity index (χ4v) is 2.02. The first kappa shape index (κ1) is 11.0. The number of hydrogen-bond donors (Lipinski definition) is 2. The van der Waals surface area contributed by atoms with Gasteiger partial charge in [0.1, 0.15) is 5.75 Å². The minimum atomic E-state index is -0.177. The van der Waals surface area contributed by atoms with Gasteiger partial charge in [0, 0.05) is 5.54 Å². The van der Waals surface area contributed by atoms with Crippen LogP contribution in [0.3, 0.4) is 0 Å². The molecule has 1 amide bonds. The van der Waals surface area contributed by atoms with Crippen LogP contribution in [-0.2, 0) is 0 Å². The molecular formula is C13H17NO2. The quantitative estimate of drug-likeness (QED) is 0.802. The molecule has 0 atom stereocenters. The molecule has 1 aromatic carbocycles. The van der Waals surface area contributed by atoms with Crippen molar-refractivity contribution in [3.05, 3.63) is 29.3 Å². The summed E-state index contributed by atoms with van der Waals surface area (Å²) in [5.41, 5.74) is 1.02. The van der Waals surface area contributed by atoms with E-state index in [1.54, 1.807) is 25.1 Å². The molecule has 1 aliphatic rings. The summed E-state index contributed by atoms with van der Waals surface area (Å²) in [6, 6.07) is 5.23. The highest BCUT2D eigenvalue weighted by Crippen LogP contribution is 2.32. The molecule has 2 N–H and O–H groups in total. The van der Waals surface area contributed by atoms with E-state index in [9.17, 15) is 9.90 Å². The first-order chi connectivity index (χ1) is 7.52. The lowest BCUT2D eigenvalue weighted by Gasteiger charge is -2.39. The molecule has 2 rings (SSSR count). The topological polar surface area (TPSA) is 49.3 Å². The average Bonchev–Trinajstić information content (AvgIpc) is 2.19. The Morgan fingerprint density at radius 2 is 2.12 bits per heavy atom. The lowest BCUT2D eigenvalue weighted by molar-refractivity contribution is 0.0847. The van der Waals surface area contributed by atoms with Crippen molar-refractivity contribution in [2.24, 2.45) is 0 Å². The SMILES string of the molecule is Cc1cccc(C(=O)NC2(C)CCC2)c1O. The Labute approximate surface area is 95.5 Å². The van der Waals surface area contributed by atoms with Crippen molar-refractivity contribution in [2.75, 3.05) is 0 Å². The van der Waals surface area contributed by atoms with Crippen molar-refractivity contribution >= 4 is 5.91 Å². The first-order valence-electron chi connectivity index (χ1n) is 5.63. The van der Waals surface area contributed by atoms with Gasteiger partial charge in [-0.3, -0.25) is 4.79 Å². The Bertz CT molecular complexity index is 422. The van der Waals surface area contributed by atoms with E-state index in [0.717, 1.165) is 24.8 Å². The number of hydrogen-bond acceptors (Lipinski definition) is 2. The van der Waals surface area contributed by atoms with Crippen molar-refractivity contribution in [1.29, 1.82) is 0 Å². The van der Waals surface area contributed by atoms with Crippen molar-refractivity contribution in [2.45, 2.75) is 38.6 Å². The Morgan fingerprint density at radius 1 is 1.44 bits per heavy atom. The van der Waals surface area contributed by atoms with Crippen LogP contribution in [0.4, 0.5) is 0 Å². The summed E-state index contributed by atoms with van der Waals surface area (Å²) in [5.74, 6) is -0.0914. The number of rotatable bonds is 2. The second-order valence-electron chi connectivity index (χ2n) is 4.84. The molecule has 0 unspecified atom stereocenters. The van der Waals surface area contributed by atoms with Gasteiger partial charge in [0.25, 0.3) is 5.91 Å². The number of carbonyl (C=O) groups is 1. The Balaban J connectivity index is 2.17. The van der Waals surface area contributed by atoms with Gasteiger partial charge in [0.2, 0.25) is 0 Å². The second-order valence-corrected chi connectivity index (χ2v) is 4.84. The molecule has 1 fully saturated rings. The molecule has 1 aliphatic carbocycles. The van der Waals surface area contributed by atoms with E-state index in [4.69, 9.17) is 0 Å². The molecule has 1 saturated carbocycles. The predicted octanol–water partition coefficient (Wildman–Crippen LogP) is 2.37. The van der Waals surface area contributed by atoms with E-state index < -0.39 is 0 Å². The van der Waals surface area contributed by atoms with E-state index in [0.29, 0.717) is 5.56 Å². The van der Waals surface area contributed by atoms with Gasteiger partial charge in [0.15, 0.2) is 0 Å². The normalized spacial score (nSPS) is 17.6. The molecule has 0 radical (unpaired) electrons. The van der Waals surface area contributed by atoms with Gasteiger partial charge in [0.05, 0.1) is 5.56 Å².